The zero-order valence-corrected chi connectivity index (χ0v) is 26.7. The summed E-state index contributed by atoms with van der Waals surface area (Å²) in [5.41, 5.74) is 0. The summed E-state index contributed by atoms with van der Waals surface area (Å²) in [6.07, 6.45) is 0. The second kappa shape index (κ2) is 54.6. The second-order valence-corrected chi connectivity index (χ2v) is 0. The Balaban J connectivity index is 0. The van der Waals surface area contributed by atoms with Crippen molar-refractivity contribution in [1.29, 1.82) is 0 Å². The largest absolute Gasteiger partial charge is 0 e. The molecule has 0 heterocycles. The molecule has 48 valence electrons. The molecule has 0 bridgehead atoms. The molecule has 0 amide bonds. The molecule has 0 N–H and O–H groups in total. The minimum Gasteiger partial charge on any atom is 0 e. The van der Waals surface area contributed by atoms with Crippen LogP contribution in [0.15, 0.2) is 0 Å². The summed E-state index contributed by atoms with van der Waals surface area (Å²) < 4.78 is 0. The first kappa shape index (κ1) is 69.7. The quantitative estimate of drug-likeness (QED) is 0.321. The standard InChI is InChI=1S/8W. The van der Waals surface area contributed by atoms with Crippen molar-refractivity contribution in [1.82, 2.24) is 0 Å². The van der Waals surface area contributed by atoms with Gasteiger partial charge >= 0.3 is 0 Å². The van der Waals surface area contributed by atoms with E-state index in [2.05, 4.69) is 0 Å². The van der Waals surface area contributed by atoms with Crippen LogP contribution < -0.4 is 0 Å². The van der Waals surface area contributed by atoms with Gasteiger partial charge in [0.05, 0.1) is 0 Å². The minimum absolute atomic E-state index is 0. The van der Waals surface area contributed by atoms with Crippen LogP contribution in [0, 0.1) is 0 Å². The Bertz CT molecular complexity index is 0. The van der Waals surface area contributed by atoms with Gasteiger partial charge in [-0.1, -0.05) is 0 Å². The summed E-state index contributed by atoms with van der Waals surface area (Å²) in [6.45, 7) is 0. The first-order valence-corrected chi connectivity index (χ1v) is 0. The van der Waals surface area contributed by atoms with E-state index in [1.807, 2.05) is 0 Å². The molecule has 0 aliphatic rings. The normalized spacial score (nSPS) is 0. The van der Waals surface area contributed by atoms with Gasteiger partial charge in [0.25, 0.3) is 0 Å². The van der Waals surface area contributed by atoms with Crippen LogP contribution >= 0.6 is 0 Å². The van der Waals surface area contributed by atoms with E-state index in [9.17, 15) is 0 Å². The van der Waals surface area contributed by atoms with Gasteiger partial charge in [-0.25, -0.2) is 0 Å². The summed E-state index contributed by atoms with van der Waals surface area (Å²) in [6, 6.07) is 0. The van der Waals surface area contributed by atoms with E-state index < -0.39 is 0 Å². The van der Waals surface area contributed by atoms with Crippen molar-refractivity contribution >= 4 is 0 Å². The Kier molecular flexibility index (Phi) is 476. The van der Waals surface area contributed by atoms with E-state index in [0.717, 1.165) is 0 Å². The van der Waals surface area contributed by atoms with Crippen LogP contribution in [0.4, 0.5) is 0 Å². The molecule has 0 atom stereocenters. The first-order chi connectivity index (χ1) is 0. The van der Waals surface area contributed by atoms with E-state index in [4.69, 9.17) is 0 Å². The molecular weight excluding hydrogens is 1470 g/mol. The van der Waals surface area contributed by atoms with Crippen LogP contribution in [0.25, 0.3) is 0 Å². The third kappa shape index (κ3) is 41.9. The molecule has 0 aromatic carbocycles. The first-order valence-electron chi connectivity index (χ1n) is 0. The van der Waals surface area contributed by atoms with Crippen LogP contribution in [-0.2, 0) is 169 Å². The second-order valence-electron chi connectivity index (χ2n) is 0. The number of rotatable bonds is 0. The Morgan fingerprint density at radius 3 is 0.125 bits per heavy atom. The van der Waals surface area contributed by atoms with E-state index in [-0.39, 0.29) is 169 Å². The Morgan fingerprint density at radius 1 is 0.125 bits per heavy atom. The summed E-state index contributed by atoms with van der Waals surface area (Å²) in [5, 5.41) is 0. The molecule has 8 heavy (non-hydrogen) atoms. The molecule has 0 aromatic rings. The van der Waals surface area contributed by atoms with Crippen LogP contribution in [0.1, 0.15) is 0 Å². The van der Waals surface area contributed by atoms with Gasteiger partial charge in [-0.2, -0.15) is 0 Å². The van der Waals surface area contributed by atoms with Crippen molar-refractivity contribution in [3.63, 3.8) is 0 Å². The van der Waals surface area contributed by atoms with E-state index in [0.29, 0.717) is 0 Å². The van der Waals surface area contributed by atoms with Crippen molar-refractivity contribution < 1.29 is 169 Å². The Hall–Kier alpha value is 5.51. The predicted octanol–water partition coefficient (Wildman–Crippen LogP) is -0.0200. The van der Waals surface area contributed by atoms with E-state index >= 15 is 0 Å². The fourth-order valence-electron chi connectivity index (χ4n) is 0. The number of hydrogen-bond donors (Lipinski definition) is 0. The molecule has 0 aliphatic carbocycles. The molecule has 0 rings (SSSR count). The summed E-state index contributed by atoms with van der Waals surface area (Å²) in [7, 11) is 0. The minimum atomic E-state index is 0. The summed E-state index contributed by atoms with van der Waals surface area (Å²) in [4.78, 5) is 0. The van der Waals surface area contributed by atoms with Gasteiger partial charge in [0.1, 0.15) is 0 Å². The van der Waals surface area contributed by atoms with Gasteiger partial charge < -0.3 is 0 Å². The maximum atomic E-state index is 0. The SMILES string of the molecule is [W].[W].[W].[W].[W].[W].[W].[W]. The zero-order valence-electron chi connectivity index (χ0n) is 3.27. The molecule has 0 aliphatic heterocycles. The van der Waals surface area contributed by atoms with Crippen LogP contribution in [0.2, 0.25) is 0 Å². The van der Waals surface area contributed by atoms with Crippen LogP contribution in [0.3, 0.4) is 0 Å². The molecule has 0 nitrogen and oxygen atoms in total. The van der Waals surface area contributed by atoms with Gasteiger partial charge in [0, 0.05) is 169 Å². The molecule has 0 saturated carbocycles. The zero-order chi connectivity index (χ0) is 0. The fraction of sp³-hybridized carbons (Fsp3) is 0. The Labute approximate surface area is 164 Å². The molecule has 0 spiro atoms. The van der Waals surface area contributed by atoms with Gasteiger partial charge in [-0.3, -0.25) is 0 Å². The third-order valence-corrected chi connectivity index (χ3v) is 0. The smallest absolute Gasteiger partial charge is 0 e. The van der Waals surface area contributed by atoms with Crippen molar-refractivity contribution in [2.75, 3.05) is 0 Å². The molecule has 0 radical (unpaired) electrons. The maximum absolute atomic E-state index is 0. The van der Waals surface area contributed by atoms with E-state index in [1.54, 1.807) is 0 Å². The molecular formula is W8. The van der Waals surface area contributed by atoms with Crippen LogP contribution in [0.5, 0.6) is 0 Å². The van der Waals surface area contributed by atoms with Gasteiger partial charge in [-0.15, -0.1) is 0 Å². The molecule has 8 heteroatoms. The molecule has 0 aromatic heterocycles. The number of hydrogen-bond acceptors (Lipinski definition) is 0. The predicted molar refractivity (Wildman–Crippen MR) is 0 cm³/mol. The van der Waals surface area contributed by atoms with Gasteiger partial charge in [0.15, 0.2) is 0 Å². The van der Waals surface area contributed by atoms with Crippen LogP contribution in [-0.4, -0.2) is 0 Å². The third-order valence-electron chi connectivity index (χ3n) is 0. The van der Waals surface area contributed by atoms with Gasteiger partial charge in [-0.05, 0) is 0 Å². The van der Waals surface area contributed by atoms with Crippen molar-refractivity contribution in [3.05, 3.63) is 0 Å². The fourth-order valence-corrected chi connectivity index (χ4v) is 0. The average molecular weight is 1470 g/mol. The summed E-state index contributed by atoms with van der Waals surface area (Å²) >= 11 is 0. The topological polar surface area (TPSA) is 0 Å². The Morgan fingerprint density at radius 2 is 0.125 bits per heavy atom. The maximum Gasteiger partial charge on any atom is 0 e. The van der Waals surface area contributed by atoms with Gasteiger partial charge in [0.2, 0.25) is 0 Å². The van der Waals surface area contributed by atoms with Crippen molar-refractivity contribution in [3.8, 4) is 0 Å². The summed E-state index contributed by atoms with van der Waals surface area (Å²) in [5.74, 6) is 0. The molecule has 0 unspecified atom stereocenters. The van der Waals surface area contributed by atoms with Crippen molar-refractivity contribution in [2.45, 2.75) is 0 Å². The molecule has 0 fully saturated rings. The van der Waals surface area contributed by atoms with E-state index in [1.165, 1.54) is 0 Å². The average Bonchev–Trinajstić information content (AvgIpc) is 0. The molecule has 0 saturated heterocycles. The van der Waals surface area contributed by atoms with Crippen molar-refractivity contribution in [2.24, 2.45) is 0 Å². The monoisotopic (exact) mass is 1470 g/mol.